The van der Waals surface area contributed by atoms with Crippen LogP contribution < -0.4 is 4.72 Å². The first-order valence-electron chi connectivity index (χ1n) is 7.79. The molecule has 10 heteroatoms. The molecular formula is C16H18F3N3O3S. The normalized spacial score (nSPS) is 14.7. The topological polar surface area (TPSA) is 81.1 Å². The molecule has 0 aliphatic rings. The summed E-state index contributed by atoms with van der Waals surface area (Å²) in [7, 11) is -4.06. The summed E-state index contributed by atoms with van der Waals surface area (Å²) < 4.78 is 65.6. The number of amides is 1. The van der Waals surface area contributed by atoms with Crippen LogP contribution in [-0.2, 0) is 21.0 Å². The van der Waals surface area contributed by atoms with Gasteiger partial charge in [-0.05, 0) is 25.0 Å². The highest BCUT2D eigenvalue weighted by molar-refractivity contribution is 7.90. The van der Waals surface area contributed by atoms with Crippen LogP contribution in [0.1, 0.15) is 42.8 Å². The van der Waals surface area contributed by atoms with E-state index in [0.29, 0.717) is 5.56 Å². The largest absolute Gasteiger partial charge is 0.435 e. The van der Waals surface area contributed by atoms with Gasteiger partial charge in [-0.25, -0.2) is 8.42 Å². The van der Waals surface area contributed by atoms with Crippen LogP contribution in [0.4, 0.5) is 13.2 Å². The highest BCUT2D eigenvalue weighted by atomic mass is 32.2. The quantitative estimate of drug-likeness (QED) is 0.823. The van der Waals surface area contributed by atoms with Gasteiger partial charge in [-0.1, -0.05) is 37.3 Å². The zero-order chi connectivity index (χ0) is 19.5. The van der Waals surface area contributed by atoms with Crippen molar-refractivity contribution in [3.05, 3.63) is 53.9 Å². The molecule has 0 radical (unpaired) electrons. The van der Waals surface area contributed by atoms with Gasteiger partial charge < -0.3 is 0 Å². The van der Waals surface area contributed by atoms with E-state index in [1.54, 1.807) is 37.3 Å². The summed E-state index contributed by atoms with van der Waals surface area (Å²) in [5.74, 6) is -0.962. The Balaban J connectivity index is 2.18. The first-order chi connectivity index (χ1) is 12.1. The van der Waals surface area contributed by atoms with Crippen molar-refractivity contribution in [3.63, 3.8) is 0 Å². The predicted octanol–water partition coefficient (Wildman–Crippen LogP) is 3.06. The summed E-state index contributed by atoms with van der Waals surface area (Å²) in [6.45, 7) is 2.93. The second kappa shape index (κ2) is 7.48. The van der Waals surface area contributed by atoms with Crippen LogP contribution >= 0.6 is 0 Å². The Bertz CT molecular complexity index is 864. The monoisotopic (exact) mass is 389 g/mol. The van der Waals surface area contributed by atoms with Crippen molar-refractivity contribution in [1.82, 2.24) is 14.5 Å². The Morgan fingerprint density at radius 1 is 1.23 bits per heavy atom. The van der Waals surface area contributed by atoms with Crippen LogP contribution in [0.15, 0.2) is 42.6 Å². The zero-order valence-corrected chi connectivity index (χ0v) is 14.9. The lowest BCUT2D eigenvalue weighted by Crippen LogP contribution is -2.38. The van der Waals surface area contributed by atoms with Gasteiger partial charge in [0, 0.05) is 6.20 Å². The number of carbonyl (C=O) groups excluding carboxylic acids is 1. The van der Waals surface area contributed by atoms with Gasteiger partial charge in [0.2, 0.25) is 10.0 Å². The van der Waals surface area contributed by atoms with Crippen LogP contribution in [0.25, 0.3) is 0 Å². The molecule has 1 aromatic carbocycles. The lowest BCUT2D eigenvalue weighted by molar-refractivity contribution is -0.142. The smallest absolute Gasteiger partial charge is 0.272 e. The predicted molar refractivity (Wildman–Crippen MR) is 88.5 cm³/mol. The molecule has 142 valence electrons. The number of aromatic nitrogens is 2. The number of sulfonamides is 1. The highest BCUT2D eigenvalue weighted by Crippen LogP contribution is 2.28. The lowest BCUT2D eigenvalue weighted by atomic mass is 10.1. The van der Waals surface area contributed by atoms with Gasteiger partial charge in [-0.3, -0.25) is 14.2 Å². The molecule has 0 aliphatic carbocycles. The number of nitrogens with one attached hydrogen (secondary N) is 1. The second-order valence-corrected chi connectivity index (χ2v) is 7.54. The molecule has 0 spiro atoms. The second-order valence-electron chi connectivity index (χ2n) is 5.67. The molecule has 0 saturated heterocycles. The lowest BCUT2D eigenvalue weighted by Gasteiger charge is -2.19. The molecular weight excluding hydrogens is 371 g/mol. The number of benzene rings is 1. The zero-order valence-electron chi connectivity index (χ0n) is 14.1. The van der Waals surface area contributed by atoms with E-state index in [0.717, 1.165) is 16.9 Å². The van der Waals surface area contributed by atoms with Gasteiger partial charge in [-0.15, -0.1) is 0 Å². The average molecular weight is 389 g/mol. The van der Waals surface area contributed by atoms with Crippen molar-refractivity contribution in [2.24, 2.45) is 0 Å². The van der Waals surface area contributed by atoms with Crippen LogP contribution in [0.2, 0.25) is 0 Å². The molecule has 0 bridgehead atoms. The maximum Gasteiger partial charge on any atom is 0.435 e. The summed E-state index contributed by atoms with van der Waals surface area (Å²) in [5.41, 5.74) is -0.642. The third kappa shape index (κ3) is 4.43. The Kier molecular flexibility index (Phi) is 5.74. The average Bonchev–Trinajstić information content (AvgIpc) is 3.05. The molecule has 0 aliphatic heterocycles. The van der Waals surface area contributed by atoms with E-state index in [1.807, 2.05) is 4.72 Å². The van der Waals surface area contributed by atoms with E-state index in [1.165, 1.54) is 6.92 Å². The molecule has 0 fully saturated rings. The van der Waals surface area contributed by atoms with Gasteiger partial charge in [0.05, 0.1) is 0 Å². The number of hydrogen-bond acceptors (Lipinski definition) is 4. The van der Waals surface area contributed by atoms with Crippen LogP contribution in [0.3, 0.4) is 0 Å². The SMILES string of the molecule is CCC(c1ccccc1)S(=O)(=O)NC(=O)C(C)n1ccc(C(F)(F)F)n1. The Morgan fingerprint density at radius 3 is 2.35 bits per heavy atom. The van der Waals surface area contributed by atoms with Crippen molar-refractivity contribution in [1.29, 1.82) is 0 Å². The van der Waals surface area contributed by atoms with E-state index in [4.69, 9.17) is 0 Å². The molecule has 2 unspecified atom stereocenters. The third-order valence-electron chi connectivity index (χ3n) is 3.83. The Morgan fingerprint density at radius 2 is 1.85 bits per heavy atom. The molecule has 2 atom stereocenters. The van der Waals surface area contributed by atoms with Gasteiger partial charge in [0.1, 0.15) is 11.3 Å². The van der Waals surface area contributed by atoms with Crippen molar-refractivity contribution in [2.75, 3.05) is 0 Å². The van der Waals surface area contributed by atoms with Crippen LogP contribution in [0, 0.1) is 0 Å². The van der Waals surface area contributed by atoms with Gasteiger partial charge in [0.15, 0.2) is 5.69 Å². The fourth-order valence-corrected chi connectivity index (χ4v) is 3.97. The molecule has 0 saturated carbocycles. The maximum absolute atomic E-state index is 12.6. The van der Waals surface area contributed by atoms with E-state index >= 15 is 0 Å². The first kappa shape index (κ1) is 20.0. The molecule has 1 amide bonds. The minimum Gasteiger partial charge on any atom is -0.272 e. The van der Waals surface area contributed by atoms with Crippen molar-refractivity contribution in [2.45, 2.75) is 37.7 Å². The minimum absolute atomic E-state index is 0.223. The van der Waals surface area contributed by atoms with Crippen molar-refractivity contribution < 1.29 is 26.4 Å². The molecule has 6 nitrogen and oxygen atoms in total. The summed E-state index contributed by atoms with van der Waals surface area (Å²) in [5, 5.41) is 2.34. The first-order valence-corrected chi connectivity index (χ1v) is 9.33. The Hall–Kier alpha value is -2.36. The Labute approximate surface area is 149 Å². The summed E-state index contributed by atoms with van der Waals surface area (Å²) in [6.07, 6.45) is -3.44. The number of carbonyl (C=O) groups is 1. The third-order valence-corrected chi connectivity index (χ3v) is 5.67. The molecule has 2 aromatic rings. The minimum atomic E-state index is -4.64. The maximum atomic E-state index is 12.6. The summed E-state index contributed by atoms with van der Waals surface area (Å²) in [4.78, 5) is 12.2. The van der Waals surface area contributed by atoms with Crippen LogP contribution in [0.5, 0.6) is 0 Å². The van der Waals surface area contributed by atoms with Gasteiger partial charge in [0.25, 0.3) is 5.91 Å². The van der Waals surface area contributed by atoms with Gasteiger partial charge >= 0.3 is 6.18 Å². The van der Waals surface area contributed by atoms with Crippen molar-refractivity contribution >= 4 is 15.9 Å². The molecule has 2 rings (SSSR count). The fraction of sp³-hybridized carbons (Fsp3) is 0.375. The fourth-order valence-electron chi connectivity index (χ4n) is 2.42. The highest BCUT2D eigenvalue weighted by Gasteiger charge is 2.35. The summed E-state index contributed by atoms with van der Waals surface area (Å²) >= 11 is 0. The molecule has 26 heavy (non-hydrogen) atoms. The molecule has 1 N–H and O–H groups in total. The standard InChI is InChI=1S/C16H18F3N3O3S/c1-3-13(12-7-5-4-6-8-12)26(24,25)21-15(23)11(2)22-10-9-14(20-22)16(17,18)19/h4-11,13H,3H2,1-2H3,(H,21,23). The number of halogens is 3. The van der Waals surface area contributed by atoms with Crippen molar-refractivity contribution in [3.8, 4) is 0 Å². The van der Waals surface area contributed by atoms with E-state index < -0.39 is 39.1 Å². The van der Waals surface area contributed by atoms with E-state index in [2.05, 4.69) is 5.10 Å². The number of hydrogen-bond donors (Lipinski definition) is 1. The molecule has 1 aromatic heterocycles. The van der Waals surface area contributed by atoms with E-state index in [-0.39, 0.29) is 6.42 Å². The number of rotatable bonds is 6. The number of alkyl halides is 3. The van der Waals surface area contributed by atoms with Crippen LogP contribution in [-0.4, -0.2) is 24.1 Å². The van der Waals surface area contributed by atoms with Gasteiger partial charge in [-0.2, -0.15) is 18.3 Å². The molecule has 1 heterocycles. The number of nitrogens with zero attached hydrogens (tertiary/aromatic N) is 2. The summed E-state index contributed by atoms with van der Waals surface area (Å²) in [6, 6.07) is 7.85. The van der Waals surface area contributed by atoms with E-state index in [9.17, 15) is 26.4 Å².